The summed E-state index contributed by atoms with van der Waals surface area (Å²) in [6.45, 7) is 4.49. The Morgan fingerprint density at radius 3 is 2.64 bits per heavy atom. The summed E-state index contributed by atoms with van der Waals surface area (Å²) < 4.78 is 5.38. The molecule has 1 aromatic rings. The van der Waals surface area contributed by atoms with E-state index in [4.69, 9.17) is 14.8 Å². The number of benzene rings is 1. The van der Waals surface area contributed by atoms with Gasteiger partial charge in [-0.1, -0.05) is 24.6 Å². The lowest BCUT2D eigenvalue weighted by Gasteiger charge is -2.10. The summed E-state index contributed by atoms with van der Waals surface area (Å²) in [4.78, 5) is 0. The quantitative estimate of drug-likeness (QED) is 0.684. The van der Waals surface area contributed by atoms with Gasteiger partial charge in [0, 0.05) is 5.46 Å². The van der Waals surface area contributed by atoms with E-state index in [-0.39, 0.29) is 0 Å². The molecular weight excluding hydrogens is 179 g/mol. The van der Waals surface area contributed by atoms with Crippen LogP contribution in [0.3, 0.4) is 0 Å². The minimum absolute atomic E-state index is 0.429. The molecule has 0 aromatic heterocycles. The molecule has 0 saturated heterocycles. The van der Waals surface area contributed by atoms with Crippen molar-refractivity contribution in [2.24, 2.45) is 0 Å². The van der Waals surface area contributed by atoms with Crippen LogP contribution in [0, 0.1) is 6.92 Å². The first-order valence-electron chi connectivity index (χ1n) is 4.74. The first-order chi connectivity index (χ1) is 6.65. The van der Waals surface area contributed by atoms with Crippen molar-refractivity contribution in [3.05, 3.63) is 23.8 Å². The second-order valence-electron chi connectivity index (χ2n) is 3.26. The predicted octanol–water partition coefficient (Wildman–Crippen LogP) is 0.464. The van der Waals surface area contributed by atoms with Crippen LogP contribution in [0.25, 0.3) is 0 Å². The maximum atomic E-state index is 9.10. The Hall–Kier alpha value is -0.995. The molecule has 0 amide bonds. The van der Waals surface area contributed by atoms with Gasteiger partial charge in [-0.05, 0) is 19.4 Å². The Labute approximate surface area is 84.5 Å². The third-order valence-electron chi connectivity index (χ3n) is 1.91. The maximum absolute atomic E-state index is 9.10. The average Bonchev–Trinajstić information content (AvgIpc) is 2.15. The molecule has 0 aliphatic heterocycles. The Morgan fingerprint density at radius 1 is 1.36 bits per heavy atom. The molecule has 0 saturated carbocycles. The van der Waals surface area contributed by atoms with Gasteiger partial charge in [-0.2, -0.15) is 0 Å². The van der Waals surface area contributed by atoms with Crippen molar-refractivity contribution in [2.75, 3.05) is 6.61 Å². The highest BCUT2D eigenvalue weighted by Gasteiger charge is 2.16. The van der Waals surface area contributed by atoms with E-state index in [1.807, 2.05) is 19.9 Å². The fourth-order valence-corrected chi connectivity index (χ4v) is 1.21. The van der Waals surface area contributed by atoms with E-state index in [2.05, 4.69) is 0 Å². The van der Waals surface area contributed by atoms with Crippen molar-refractivity contribution < 1.29 is 14.8 Å². The van der Waals surface area contributed by atoms with Crippen molar-refractivity contribution in [1.29, 1.82) is 0 Å². The van der Waals surface area contributed by atoms with E-state index in [1.54, 1.807) is 12.1 Å². The molecule has 0 unspecified atom stereocenters. The van der Waals surface area contributed by atoms with Crippen LogP contribution in [-0.2, 0) is 0 Å². The van der Waals surface area contributed by atoms with Crippen LogP contribution < -0.4 is 10.2 Å². The summed E-state index contributed by atoms with van der Waals surface area (Å²) in [7, 11) is -1.47. The summed E-state index contributed by atoms with van der Waals surface area (Å²) in [5.74, 6) is 0.549. The van der Waals surface area contributed by atoms with Gasteiger partial charge in [0.1, 0.15) is 5.75 Å². The molecule has 0 bridgehead atoms. The van der Waals surface area contributed by atoms with Gasteiger partial charge in [-0.15, -0.1) is 0 Å². The molecule has 2 N–H and O–H groups in total. The largest absolute Gasteiger partial charge is 0.494 e. The summed E-state index contributed by atoms with van der Waals surface area (Å²) in [5.41, 5.74) is 1.41. The van der Waals surface area contributed by atoms with Crippen molar-refractivity contribution in [3.63, 3.8) is 0 Å². The average molecular weight is 194 g/mol. The summed E-state index contributed by atoms with van der Waals surface area (Å²) in [6.07, 6.45) is 0.898. The van der Waals surface area contributed by atoms with Crippen LogP contribution in [-0.4, -0.2) is 23.8 Å². The van der Waals surface area contributed by atoms with Crippen LogP contribution in [0.5, 0.6) is 5.75 Å². The molecule has 0 fully saturated rings. The van der Waals surface area contributed by atoms with Gasteiger partial charge in [0.05, 0.1) is 6.61 Å². The van der Waals surface area contributed by atoms with E-state index in [1.165, 1.54) is 0 Å². The summed E-state index contributed by atoms with van der Waals surface area (Å²) in [5, 5.41) is 18.2. The fourth-order valence-electron chi connectivity index (χ4n) is 1.21. The molecular formula is C10H15BO3. The second-order valence-corrected chi connectivity index (χ2v) is 3.26. The lowest BCUT2D eigenvalue weighted by atomic mass is 9.79. The van der Waals surface area contributed by atoms with Gasteiger partial charge in [0.2, 0.25) is 0 Å². The van der Waals surface area contributed by atoms with Gasteiger partial charge >= 0.3 is 7.12 Å². The topological polar surface area (TPSA) is 49.7 Å². The molecule has 0 radical (unpaired) electrons. The van der Waals surface area contributed by atoms with E-state index >= 15 is 0 Å². The number of aryl methyl sites for hydroxylation is 1. The molecule has 0 heterocycles. The van der Waals surface area contributed by atoms with Crippen LogP contribution in [0.4, 0.5) is 0 Å². The van der Waals surface area contributed by atoms with Crippen LogP contribution >= 0.6 is 0 Å². The summed E-state index contributed by atoms with van der Waals surface area (Å²) in [6, 6.07) is 5.37. The monoisotopic (exact) mass is 194 g/mol. The number of ether oxygens (including phenoxy) is 1. The molecule has 0 aliphatic rings. The van der Waals surface area contributed by atoms with Crippen LogP contribution in [0.2, 0.25) is 0 Å². The van der Waals surface area contributed by atoms with Crippen LogP contribution in [0.15, 0.2) is 18.2 Å². The Bertz CT molecular complexity index is 299. The van der Waals surface area contributed by atoms with Gasteiger partial charge in [0.25, 0.3) is 0 Å². The minimum Gasteiger partial charge on any atom is -0.494 e. The minimum atomic E-state index is -1.47. The van der Waals surface area contributed by atoms with E-state index in [9.17, 15) is 0 Å². The maximum Gasteiger partial charge on any atom is 0.492 e. The molecule has 76 valence electrons. The lowest BCUT2D eigenvalue weighted by molar-refractivity contribution is 0.317. The zero-order valence-electron chi connectivity index (χ0n) is 8.53. The van der Waals surface area contributed by atoms with Crippen molar-refractivity contribution in [2.45, 2.75) is 20.3 Å². The third kappa shape index (κ3) is 2.75. The third-order valence-corrected chi connectivity index (χ3v) is 1.91. The van der Waals surface area contributed by atoms with E-state index in [0.717, 1.165) is 12.0 Å². The number of hydrogen-bond acceptors (Lipinski definition) is 3. The molecule has 4 heteroatoms. The Kier molecular flexibility index (Phi) is 3.98. The van der Waals surface area contributed by atoms with Gasteiger partial charge < -0.3 is 14.8 Å². The van der Waals surface area contributed by atoms with Gasteiger partial charge in [-0.25, -0.2) is 0 Å². The van der Waals surface area contributed by atoms with Crippen molar-refractivity contribution in [3.8, 4) is 5.75 Å². The fraction of sp³-hybridized carbons (Fsp3) is 0.400. The highest BCUT2D eigenvalue weighted by atomic mass is 16.5. The van der Waals surface area contributed by atoms with E-state index in [0.29, 0.717) is 17.8 Å². The smallest absolute Gasteiger partial charge is 0.492 e. The van der Waals surface area contributed by atoms with Crippen molar-refractivity contribution >= 4 is 12.6 Å². The Morgan fingerprint density at radius 2 is 2.07 bits per heavy atom. The molecule has 1 rings (SSSR count). The van der Waals surface area contributed by atoms with Crippen LogP contribution in [0.1, 0.15) is 18.9 Å². The predicted molar refractivity (Wildman–Crippen MR) is 56.8 cm³/mol. The molecule has 0 spiro atoms. The summed E-state index contributed by atoms with van der Waals surface area (Å²) >= 11 is 0. The molecule has 1 aromatic carbocycles. The molecule has 14 heavy (non-hydrogen) atoms. The highest BCUT2D eigenvalue weighted by Crippen LogP contribution is 2.10. The first-order valence-corrected chi connectivity index (χ1v) is 4.74. The Balaban J connectivity index is 2.90. The molecule has 0 aliphatic carbocycles. The standard InChI is InChI=1S/C10H15BO3/c1-3-6-14-10-5-4-8(2)7-9(10)11(12)13/h4-5,7,12-13H,3,6H2,1-2H3. The van der Waals surface area contributed by atoms with Gasteiger partial charge in [-0.3, -0.25) is 0 Å². The lowest BCUT2D eigenvalue weighted by Crippen LogP contribution is -2.31. The zero-order chi connectivity index (χ0) is 10.6. The van der Waals surface area contributed by atoms with E-state index < -0.39 is 7.12 Å². The number of rotatable bonds is 4. The first kappa shape index (κ1) is 11.1. The highest BCUT2D eigenvalue weighted by molar-refractivity contribution is 6.59. The van der Waals surface area contributed by atoms with Gasteiger partial charge in [0.15, 0.2) is 0 Å². The SMILES string of the molecule is CCCOc1ccc(C)cc1B(O)O. The second kappa shape index (κ2) is 5.03. The normalized spacial score (nSPS) is 10.0. The molecule has 3 nitrogen and oxygen atoms in total. The molecule has 0 atom stereocenters. The zero-order valence-corrected chi connectivity index (χ0v) is 8.53. The van der Waals surface area contributed by atoms with Crippen molar-refractivity contribution in [1.82, 2.24) is 0 Å². The number of hydrogen-bond donors (Lipinski definition) is 2.